The van der Waals surface area contributed by atoms with Crippen LogP contribution in [0.1, 0.15) is 65.9 Å². The van der Waals surface area contributed by atoms with Crippen molar-refractivity contribution in [3.8, 4) is 39.5 Å². The summed E-state index contributed by atoms with van der Waals surface area (Å²) in [6.45, 7) is 9.33. The summed E-state index contributed by atoms with van der Waals surface area (Å²) in [5.41, 5.74) is 12.8. The number of aryl methyl sites for hydroxylation is 2. The maximum atomic E-state index is 7.35. The quantitative estimate of drug-likeness (QED) is 0.118. The number of hydrogen-bond acceptors (Lipinski definition) is 3. The third-order valence-corrected chi connectivity index (χ3v) is 16.3. The van der Waals surface area contributed by atoms with Crippen LogP contribution in [0.25, 0.3) is 70.7 Å². The minimum absolute atomic E-state index is 0. The Morgan fingerprint density at radius 2 is 1.42 bits per heavy atom. The molecule has 0 unspecified atom stereocenters. The third-order valence-electron chi connectivity index (χ3n) is 10.9. The molecule has 0 saturated heterocycles. The Bertz CT molecular complexity index is 2910. The molecule has 6 heteroatoms. The van der Waals surface area contributed by atoms with Crippen molar-refractivity contribution >= 4 is 60.2 Å². The molecule has 0 fully saturated rings. The van der Waals surface area contributed by atoms with Gasteiger partial charge in [-0.1, -0.05) is 87.7 Å². The smallest absolute Gasteiger partial charge is 0 e. The van der Waals surface area contributed by atoms with Crippen molar-refractivity contribution in [2.24, 2.45) is 0 Å². The molecule has 6 aromatic carbocycles. The topological polar surface area (TPSA) is 30.7 Å². The van der Waals surface area contributed by atoms with Crippen LogP contribution in [0, 0.1) is 25.9 Å². The number of rotatable bonds is 7. The van der Waals surface area contributed by atoms with E-state index in [0.29, 0.717) is 17.4 Å². The van der Waals surface area contributed by atoms with Crippen molar-refractivity contribution in [3.63, 3.8) is 0 Å². The zero-order valence-electron chi connectivity index (χ0n) is 37.9. The predicted octanol–water partition coefficient (Wildman–Crippen LogP) is 14.5. The first-order chi connectivity index (χ1) is 29.1. The minimum atomic E-state index is -2.08. The number of hydrogen-bond donors (Lipinski definition) is 0. The monoisotopic (exact) mass is 1030 g/mol. The molecule has 0 aliphatic heterocycles. The fourth-order valence-electron chi connectivity index (χ4n) is 7.71. The number of thiophene rings is 1. The molecule has 3 heterocycles. The molecule has 9 aromatic rings. The van der Waals surface area contributed by atoms with Gasteiger partial charge in [0, 0.05) is 30.5 Å². The summed E-state index contributed by atoms with van der Waals surface area (Å²) >= 11 is 0.00824. The number of fused-ring (bicyclic) bond motifs is 4. The van der Waals surface area contributed by atoms with Gasteiger partial charge in [-0.05, 0) is 87.0 Å². The number of imidazole rings is 1. The third kappa shape index (κ3) is 8.67. The summed E-state index contributed by atoms with van der Waals surface area (Å²) < 4.78 is 28.4. The van der Waals surface area contributed by atoms with Crippen LogP contribution in [0.4, 0.5) is 0 Å². The van der Waals surface area contributed by atoms with Crippen LogP contribution in [0.15, 0.2) is 134 Å². The second-order valence-electron chi connectivity index (χ2n) is 16.8. The fourth-order valence-corrected chi connectivity index (χ4v) is 11.0. The first kappa shape index (κ1) is 38.5. The van der Waals surface area contributed by atoms with E-state index in [1.807, 2.05) is 23.6 Å². The summed E-state index contributed by atoms with van der Waals surface area (Å²) in [5.74, 6) is 8.58. The van der Waals surface area contributed by atoms with Gasteiger partial charge in [0.05, 0.1) is 16.9 Å². The molecular formula is C53H51GeIrN3S-2. The van der Waals surface area contributed by atoms with E-state index in [1.54, 1.807) is 12.1 Å². The minimum Gasteiger partial charge on any atom is 0 e. The van der Waals surface area contributed by atoms with Gasteiger partial charge in [0.2, 0.25) is 0 Å². The van der Waals surface area contributed by atoms with E-state index < -0.39 is 20.1 Å². The van der Waals surface area contributed by atoms with Crippen LogP contribution in [0.3, 0.4) is 0 Å². The van der Waals surface area contributed by atoms with Gasteiger partial charge in [0.1, 0.15) is 0 Å². The van der Waals surface area contributed by atoms with Crippen LogP contribution in [0.2, 0.25) is 17.3 Å². The first-order valence-corrected chi connectivity index (χ1v) is 28.3. The Morgan fingerprint density at radius 3 is 2.07 bits per heavy atom. The Morgan fingerprint density at radius 1 is 0.712 bits per heavy atom. The summed E-state index contributed by atoms with van der Waals surface area (Å²) in [6, 6.07) is 50.8. The number of para-hydroxylation sites is 2. The molecule has 3 aromatic heterocycles. The first-order valence-electron chi connectivity index (χ1n) is 21.6. The van der Waals surface area contributed by atoms with Crippen molar-refractivity contribution in [1.82, 2.24) is 14.5 Å². The van der Waals surface area contributed by atoms with E-state index in [-0.39, 0.29) is 20.1 Å². The van der Waals surface area contributed by atoms with Gasteiger partial charge < -0.3 is 4.57 Å². The van der Waals surface area contributed by atoms with Gasteiger partial charge in [-0.25, -0.2) is 0 Å². The Kier molecular flexibility index (Phi) is 11.4. The fraction of sp³-hybridized carbons (Fsp3) is 0.208. The van der Waals surface area contributed by atoms with Crippen molar-refractivity contribution in [2.75, 3.05) is 0 Å². The molecule has 9 rings (SSSR count). The summed E-state index contributed by atoms with van der Waals surface area (Å²) in [7, 11) is 0. The van der Waals surface area contributed by atoms with E-state index in [4.69, 9.17) is 9.10 Å². The predicted molar refractivity (Wildman–Crippen MR) is 253 cm³/mol. The number of pyridine rings is 1. The van der Waals surface area contributed by atoms with Crippen molar-refractivity contribution in [2.45, 2.75) is 70.6 Å². The molecule has 3 nitrogen and oxygen atoms in total. The average Bonchev–Trinajstić information content (AvgIpc) is 3.82. The second-order valence-corrected chi connectivity index (χ2v) is 28.5. The molecule has 0 aliphatic carbocycles. The standard InChI is InChI=1S/C38H33N2S.C15H18GeN.Ir/c1-23(2)29-21-28(26-13-7-6-8-14-26)22-30(24(3)4)37(29)40-33-16-10-9-15-32(33)39-38(40)27-18-19-34-31(20-27)36-25(5)12-11-17-35(36)41-34;1-12-5-7-13(8-6-12)15-10-9-14(11-17-15)16(2,3)4;/h6-17,19-24H,1-5H3;5-7,9-11H,1-4H3;/q2*-1;/i;1D3;. The summed E-state index contributed by atoms with van der Waals surface area (Å²) in [4.78, 5) is 9.75. The largest absolute Gasteiger partial charge is 0 e. The van der Waals surface area contributed by atoms with Gasteiger partial charge in [-0.15, -0.1) is 23.8 Å². The van der Waals surface area contributed by atoms with E-state index >= 15 is 0 Å². The van der Waals surface area contributed by atoms with Crippen molar-refractivity contribution in [1.29, 1.82) is 0 Å². The van der Waals surface area contributed by atoms with Crippen LogP contribution in [-0.2, 0) is 20.1 Å². The molecule has 0 saturated carbocycles. The van der Waals surface area contributed by atoms with Gasteiger partial charge >= 0.3 is 110 Å². The number of benzene rings is 6. The zero-order valence-corrected chi connectivity index (χ0v) is 40.2. The molecule has 0 aliphatic rings. The molecule has 0 atom stereocenters. The van der Waals surface area contributed by atoms with Crippen LogP contribution < -0.4 is 4.40 Å². The second kappa shape index (κ2) is 17.5. The molecule has 0 spiro atoms. The molecule has 0 bridgehead atoms. The maximum absolute atomic E-state index is 7.35. The van der Waals surface area contributed by atoms with E-state index in [1.165, 1.54) is 64.1 Å². The van der Waals surface area contributed by atoms with Crippen molar-refractivity contribution < 1.29 is 24.2 Å². The number of aromatic nitrogens is 3. The Balaban J connectivity index is 0.000000233. The van der Waals surface area contributed by atoms with Crippen LogP contribution in [-0.4, -0.2) is 27.8 Å². The van der Waals surface area contributed by atoms with Gasteiger partial charge in [0.15, 0.2) is 0 Å². The molecular weight excluding hydrogens is 975 g/mol. The molecule has 59 heavy (non-hydrogen) atoms. The van der Waals surface area contributed by atoms with Crippen molar-refractivity contribution in [3.05, 3.63) is 168 Å². The van der Waals surface area contributed by atoms with Gasteiger partial charge in [0.25, 0.3) is 0 Å². The average molecular weight is 1030 g/mol. The maximum Gasteiger partial charge on any atom is 0 e. The molecule has 1 radical (unpaired) electrons. The van der Waals surface area contributed by atoms with Gasteiger partial charge in [-0.2, -0.15) is 11.3 Å². The molecule has 0 N–H and O–H groups in total. The SMILES string of the molecule is Cc1cccc2sc3c[c-]c(-c4nc5ccccc5n4-c4c(C(C)C)cc(-c5ccccc5)cc4C(C)C)cc3c12.[2H]C([2H])([2H])c1c[c-]c(-c2cc[c]([Ge]([CH3])([CH3])[CH3])cn2)cc1.[Ir]. The molecule has 0 amide bonds. The Hall–Kier alpha value is -4.65. The van der Waals surface area contributed by atoms with E-state index in [2.05, 4.69) is 177 Å². The Labute approximate surface area is 374 Å². The van der Waals surface area contributed by atoms with E-state index in [9.17, 15) is 0 Å². The normalized spacial score (nSPS) is 12.6. The van der Waals surface area contributed by atoms with Crippen LogP contribution in [0.5, 0.6) is 0 Å². The zero-order chi connectivity index (χ0) is 43.2. The van der Waals surface area contributed by atoms with E-state index in [0.717, 1.165) is 33.7 Å². The number of nitrogens with zero attached hydrogens (tertiary/aromatic N) is 3. The summed E-state index contributed by atoms with van der Waals surface area (Å²) in [6.07, 6.45) is 1.95. The van der Waals surface area contributed by atoms with Crippen LogP contribution >= 0.6 is 11.3 Å². The van der Waals surface area contributed by atoms with Gasteiger partial charge in [-0.3, -0.25) is 4.98 Å². The summed E-state index contributed by atoms with van der Waals surface area (Å²) in [5, 5.41) is 2.62. The molecule has 299 valence electrons.